The maximum atomic E-state index is 13.0. The number of hydrogen-bond acceptors (Lipinski definition) is 6. The average molecular weight is 492 g/mol. The summed E-state index contributed by atoms with van der Waals surface area (Å²) in [4.78, 5) is 43.2. The number of fused-ring (bicyclic) bond motifs is 3. The quantitative estimate of drug-likeness (QED) is 0.533. The fourth-order valence-corrected chi connectivity index (χ4v) is 5.80. The lowest BCUT2D eigenvalue weighted by atomic mass is 9.98. The van der Waals surface area contributed by atoms with Crippen molar-refractivity contribution < 1.29 is 24.2 Å². The van der Waals surface area contributed by atoms with Gasteiger partial charge in [-0.1, -0.05) is 59.9 Å². The van der Waals surface area contributed by atoms with Crippen LogP contribution in [0.25, 0.3) is 11.1 Å². The van der Waals surface area contributed by atoms with Crippen molar-refractivity contribution in [2.24, 2.45) is 5.92 Å². The Morgan fingerprint density at radius 3 is 2.43 bits per heavy atom. The fraction of sp³-hybridized carbons (Fsp3) is 0.308. The highest BCUT2D eigenvalue weighted by molar-refractivity contribution is 7.17. The molecule has 0 spiro atoms. The predicted octanol–water partition coefficient (Wildman–Crippen LogP) is 4.75. The Hall–Kier alpha value is -3.72. The summed E-state index contributed by atoms with van der Waals surface area (Å²) in [5.41, 5.74) is 5.05. The molecule has 35 heavy (non-hydrogen) atoms. The van der Waals surface area contributed by atoms with Crippen molar-refractivity contribution in [3.05, 3.63) is 70.2 Å². The van der Waals surface area contributed by atoms with Crippen LogP contribution in [-0.2, 0) is 9.53 Å². The number of hydrogen-bond donors (Lipinski definition) is 2. The Balaban J connectivity index is 1.24. The van der Waals surface area contributed by atoms with Crippen LogP contribution in [0.3, 0.4) is 0 Å². The van der Waals surface area contributed by atoms with Crippen LogP contribution in [0.5, 0.6) is 0 Å². The first-order valence-electron chi connectivity index (χ1n) is 11.5. The third kappa shape index (κ3) is 4.51. The van der Waals surface area contributed by atoms with E-state index >= 15 is 0 Å². The van der Waals surface area contributed by atoms with E-state index in [1.54, 1.807) is 11.8 Å². The van der Waals surface area contributed by atoms with E-state index in [4.69, 9.17) is 4.74 Å². The van der Waals surface area contributed by atoms with Crippen LogP contribution in [0, 0.1) is 12.8 Å². The number of piperidine rings is 1. The van der Waals surface area contributed by atoms with Crippen molar-refractivity contribution in [2.45, 2.75) is 25.7 Å². The monoisotopic (exact) mass is 491 g/mol. The van der Waals surface area contributed by atoms with E-state index in [9.17, 15) is 19.5 Å². The number of carbonyl (C=O) groups excluding carboxylic acids is 2. The minimum Gasteiger partial charge on any atom is -0.481 e. The van der Waals surface area contributed by atoms with Crippen molar-refractivity contribution in [1.29, 1.82) is 0 Å². The van der Waals surface area contributed by atoms with Crippen LogP contribution in [0.1, 0.15) is 45.3 Å². The second-order valence-corrected chi connectivity index (χ2v) is 9.81. The minimum absolute atomic E-state index is 0.0513. The fourth-order valence-electron chi connectivity index (χ4n) is 4.88. The molecule has 1 fully saturated rings. The molecule has 1 atom stereocenters. The van der Waals surface area contributed by atoms with Gasteiger partial charge in [0.15, 0.2) is 5.13 Å². The molecule has 0 saturated carbocycles. The number of thiazole rings is 1. The molecule has 180 valence electrons. The molecular formula is C26H25N3O5S. The zero-order chi connectivity index (χ0) is 24.5. The van der Waals surface area contributed by atoms with E-state index in [1.807, 2.05) is 24.3 Å². The molecule has 1 unspecified atom stereocenters. The Morgan fingerprint density at radius 1 is 1.11 bits per heavy atom. The normalized spacial score (nSPS) is 16.9. The van der Waals surface area contributed by atoms with E-state index in [1.165, 1.54) is 0 Å². The van der Waals surface area contributed by atoms with E-state index < -0.39 is 18.0 Å². The van der Waals surface area contributed by atoms with Gasteiger partial charge in [-0.2, -0.15) is 0 Å². The first-order chi connectivity index (χ1) is 16.9. The van der Waals surface area contributed by atoms with Gasteiger partial charge < -0.3 is 14.7 Å². The molecule has 9 heteroatoms. The van der Waals surface area contributed by atoms with E-state index in [0.717, 1.165) is 33.6 Å². The largest absolute Gasteiger partial charge is 0.481 e. The number of carboxylic acid groups (broad SMARTS) is 1. The van der Waals surface area contributed by atoms with Gasteiger partial charge in [0, 0.05) is 19.0 Å². The van der Waals surface area contributed by atoms with Crippen LogP contribution >= 0.6 is 11.3 Å². The Kier molecular flexibility index (Phi) is 6.25. The van der Waals surface area contributed by atoms with Gasteiger partial charge in [0.05, 0.1) is 11.6 Å². The van der Waals surface area contributed by atoms with Gasteiger partial charge in [0.25, 0.3) is 5.91 Å². The van der Waals surface area contributed by atoms with Crippen molar-refractivity contribution in [3.8, 4) is 11.1 Å². The summed E-state index contributed by atoms with van der Waals surface area (Å²) in [6.07, 6.45) is 0.573. The van der Waals surface area contributed by atoms with Crippen molar-refractivity contribution in [1.82, 2.24) is 9.88 Å². The average Bonchev–Trinajstić information content (AvgIpc) is 3.39. The lowest BCUT2D eigenvalue weighted by molar-refractivity contribution is -0.143. The molecule has 0 radical (unpaired) electrons. The zero-order valence-corrected chi connectivity index (χ0v) is 20.0. The molecule has 1 aliphatic heterocycles. The number of benzene rings is 2. The molecule has 2 aliphatic rings. The molecule has 2 amide bonds. The summed E-state index contributed by atoms with van der Waals surface area (Å²) >= 11 is 1.07. The number of nitrogens with one attached hydrogen (secondary N) is 1. The highest BCUT2D eigenvalue weighted by Gasteiger charge is 2.31. The molecule has 2 aromatic carbocycles. The Morgan fingerprint density at radius 2 is 1.77 bits per heavy atom. The second kappa shape index (κ2) is 9.50. The van der Waals surface area contributed by atoms with E-state index in [0.29, 0.717) is 30.0 Å². The van der Waals surface area contributed by atoms with Gasteiger partial charge in [-0.25, -0.2) is 9.78 Å². The molecule has 0 bridgehead atoms. The first-order valence-corrected chi connectivity index (χ1v) is 12.4. The van der Waals surface area contributed by atoms with Crippen LogP contribution in [0.15, 0.2) is 48.5 Å². The van der Waals surface area contributed by atoms with E-state index in [-0.39, 0.29) is 30.1 Å². The summed E-state index contributed by atoms with van der Waals surface area (Å²) in [6.45, 7) is 2.57. The number of aryl methyl sites for hydroxylation is 1. The zero-order valence-electron chi connectivity index (χ0n) is 19.2. The lowest BCUT2D eigenvalue weighted by Crippen LogP contribution is -2.42. The van der Waals surface area contributed by atoms with Crippen LogP contribution in [0.4, 0.5) is 9.93 Å². The Bertz CT molecular complexity index is 1260. The number of carboxylic acids is 1. The third-order valence-corrected chi connectivity index (χ3v) is 7.66. The molecule has 3 aromatic rings. The van der Waals surface area contributed by atoms with Gasteiger partial charge in [0.1, 0.15) is 11.5 Å². The topological polar surface area (TPSA) is 109 Å². The minimum atomic E-state index is -0.888. The molecule has 5 rings (SSSR count). The number of likely N-dealkylation sites (tertiary alicyclic amines) is 1. The number of rotatable bonds is 5. The molecule has 1 aromatic heterocycles. The summed E-state index contributed by atoms with van der Waals surface area (Å²) < 4.78 is 5.57. The van der Waals surface area contributed by atoms with Crippen molar-refractivity contribution >= 4 is 34.4 Å². The lowest BCUT2D eigenvalue weighted by Gasteiger charge is -2.30. The van der Waals surface area contributed by atoms with Gasteiger partial charge >= 0.3 is 12.1 Å². The smallest absolute Gasteiger partial charge is 0.413 e. The van der Waals surface area contributed by atoms with Gasteiger partial charge in [0.2, 0.25) is 0 Å². The summed E-state index contributed by atoms with van der Waals surface area (Å²) in [5, 5.41) is 12.2. The first kappa shape index (κ1) is 23.0. The maximum absolute atomic E-state index is 13.0. The van der Waals surface area contributed by atoms with Gasteiger partial charge in [-0.05, 0) is 42.0 Å². The number of carbonyl (C=O) groups is 3. The van der Waals surface area contributed by atoms with Crippen LogP contribution < -0.4 is 5.32 Å². The number of nitrogens with zero attached hydrogens (tertiary/aromatic N) is 2. The standard InChI is InChI=1S/C26H25N3O5S/c1-15-22(23(30)29-12-6-7-16(13-29)24(31)32)35-25(27-15)28-26(33)34-14-21-19-10-4-2-8-17(19)18-9-3-5-11-20(18)21/h2-5,8-11,16,21H,6-7,12-14H2,1H3,(H,31,32)(H,27,28,33). The summed E-state index contributed by atoms with van der Waals surface area (Å²) in [6, 6.07) is 16.2. The SMILES string of the molecule is Cc1nc(NC(=O)OCC2c3ccccc3-c3ccccc32)sc1C(=O)N1CCCC(C(=O)O)C1. The molecule has 1 aliphatic carbocycles. The van der Waals surface area contributed by atoms with Crippen LogP contribution in [0.2, 0.25) is 0 Å². The highest BCUT2D eigenvalue weighted by Crippen LogP contribution is 2.44. The number of aliphatic carboxylic acids is 1. The molecule has 2 heterocycles. The number of anilines is 1. The van der Waals surface area contributed by atoms with Crippen molar-refractivity contribution in [3.63, 3.8) is 0 Å². The maximum Gasteiger partial charge on any atom is 0.413 e. The molecule has 2 N–H and O–H groups in total. The second-order valence-electron chi connectivity index (χ2n) is 8.81. The highest BCUT2D eigenvalue weighted by atomic mass is 32.1. The molecular weight excluding hydrogens is 466 g/mol. The van der Waals surface area contributed by atoms with E-state index in [2.05, 4.69) is 34.6 Å². The Labute approximate surface area is 206 Å². The summed E-state index contributed by atoms with van der Waals surface area (Å²) in [7, 11) is 0. The number of aromatic nitrogens is 1. The molecule has 8 nitrogen and oxygen atoms in total. The molecule has 1 saturated heterocycles. The third-order valence-electron chi connectivity index (χ3n) is 6.60. The van der Waals surface area contributed by atoms with Crippen molar-refractivity contribution in [2.75, 3.05) is 25.0 Å². The summed E-state index contributed by atoms with van der Waals surface area (Å²) in [5.74, 6) is -1.75. The van der Waals surface area contributed by atoms with Crippen LogP contribution in [-0.4, -0.2) is 52.7 Å². The van der Waals surface area contributed by atoms with Gasteiger partial charge in [-0.3, -0.25) is 14.9 Å². The predicted molar refractivity (Wildman–Crippen MR) is 132 cm³/mol. The number of amides is 2. The number of ether oxygens (including phenoxy) is 1. The van der Waals surface area contributed by atoms with Gasteiger partial charge in [-0.15, -0.1) is 0 Å².